The second-order valence-corrected chi connectivity index (χ2v) is 4.36. The van der Waals surface area contributed by atoms with Crippen molar-refractivity contribution in [3.8, 4) is 11.3 Å². The van der Waals surface area contributed by atoms with Crippen molar-refractivity contribution in [2.24, 2.45) is 5.73 Å². The van der Waals surface area contributed by atoms with Crippen LogP contribution >= 0.6 is 11.6 Å². The normalized spacial score (nSPS) is 12.3. The van der Waals surface area contributed by atoms with Gasteiger partial charge in [0.15, 0.2) is 0 Å². The molecule has 2 aromatic rings. The van der Waals surface area contributed by atoms with Gasteiger partial charge in [0, 0.05) is 17.0 Å². The van der Waals surface area contributed by atoms with Gasteiger partial charge in [-0.05, 0) is 36.4 Å². The largest absolute Gasteiger partial charge is 0.480 e. The summed E-state index contributed by atoms with van der Waals surface area (Å²) in [7, 11) is 0. The van der Waals surface area contributed by atoms with Gasteiger partial charge in [0.05, 0.1) is 0 Å². The highest BCUT2D eigenvalue weighted by molar-refractivity contribution is 6.30. The van der Waals surface area contributed by atoms with E-state index in [1.165, 1.54) is 0 Å². The summed E-state index contributed by atoms with van der Waals surface area (Å²) in [5, 5.41) is 9.37. The van der Waals surface area contributed by atoms with E-state index >= 15 is 0 Å². The molecule has 5 heteroatoms. The summed E-state index contributed by atoms with van der Waals surface area (Å²) in [6.45, 7) is 0. The molecule has 3 N–H and O–H groups in total. The van der Waals surface area contributed by atoms with E-state index in [0.29, 0.717) is 16.5 Å². The first-order chi connectivity index (χ1) is 8.56. The zero-order chi connectivity index (χ0) is 13.1. The number of carbonyl (C=O) groups is 1. The highest BCUT2D eigenvalue weighted by Gasteiger charge is 2.14. The van der Waals surface area contributed by atoms with Crippen LogP contribution in [0, 0.1) is 0 Å². The van der Waals surface area contributed by atoms with Crippen molar-refractivity contribution in [1.82, 2.24) is 0 Å². The van der Waals surface area contributed by atoms with Crippen LogP contribution in [-0.2, 0) is 11.2 Å². The van der Waals surface area contributed by atoms with Crippen LogP contribution in [-0.4, -0.2) is 17.1 Å². The Morgan fingerprint density at radius 1 is 1.28 bits per heavy atom. The SMILES string of the molecule is N[C@H](Cc1ccc(-c2ccc(Cl)cc2)o1)C(=O)O. The number of nitrogens with two attached hydrogens (primary N) is 1. The molecule has 0 bridgehead atoms. The lowest BCUT2D eigenvalue weighted by Crippen LogP contribution is -2.32. The molecule has 1 aromatic heterocycles. The van der Waals surface area contributed by atoms with Crippen molar-refractivity contribution in [3.63, 3.8) is 0 Å². The molecule has 0 radical (unpaired) electrons. The van der Waals surface area contributed by atoms with E-state index in [4.69, 9.17) is 26.9 Å². The van der Waals surface area contributed by atoms with E-state index in [1.807, 2.05) is 12.1 Å². The van der Waals surface area contributed by atoms with Gasteiger partial charge in [0.25, 0.3) is 0 Å². The van der Waals surface area contributed by atoms with Gasteiger partial charge >= 0.3 is 5.97 Å². The summed E-state index contributed by atoms with van der Waals surface area (Å²) >= 11 is 5.80. The van der Waals surface area contributed by atoms with Crippen molar-refractivity contribution in [2.75, 3.05) is 0 Å². The van der Waals surface area contributed by atoms with E-state index in [0.717, 1.165) is 5.56 Å². The lowest BCUT2D eigenvalue weighted by Gasteiger charge is -2.03. The third-order valence-electron chi connectivity index (χ3n) is 2.53. The smallest absolute Gasteiger partial charge is 0.320 e. The van der Waals surface area contributed by atoms with Crippen LogP contribution in [0.2, 0.25) is 5.02 Å². The summed E-state index contributed by atoms with van der Waals surface area (Å²) in [6, 6.07) is 9.77. The maximum Gasteiger partial charge on any atom is 0.320 e. The molecule has 0 unspecified atom stereocenters. The summed E-state index contributed by atoms with van der Waals surface area (Å²) < 4.78 is 5.54. The zero-order valence-electron chi connectivity index (χ0n) is 9.47. The van der Waals surface area contributed by atoms with E-state index in [1.54, 1.807) is 24.3 Å². The van der Waals surface area contributed by atoms with Crippen LogP contribution in [0.3, 0.4) is 0 Å². The molecule has 0 saturated carbocycles. The molecule has 2 rings (SSSR count). The molecule has 1 heterocycles. The Labute approximate surface area is 109 Å². The minimum Gasteiger partial charge on any atom is -0.480 e. The highest BCUT2D eigenvalue weighted by Crippen LogP contribution is 2.24. The topological polar surface area (TPSA) is 76.5 Å². The molecule has 0 saturated heterocycles. The average Bonchev–Trinajstić information content (AvgIpc) is 2.78. The monoisotopic (exact) mass is 265 g/mol. The van der Waals surface area contributed by atoms with Gasteiger partial charge in [0.1, 0.15) is 17.6 Å². The molecule has 0 fully saturated rings. The Bertz CT molecular complexity index is 548. The molecule has 0 aliphatic carbocycles. The van der Waals surface area contributed by atoms with Crippen molar-refractivity contribution < 1.29 is 14.3 Å². The van der Waals surface area contributed by atoms with E-state index in [-0.39, 0.29) is 6.42 Å². The Kier molecular flexibility index (Phi) is 3.69. The van der Waals surface area contributed by atoms with Gasteiger partial charge < -0.3 is 15.3 Å². The lowest BCUT2D eigenvalue weighted by atomic mass is 10.2. The van der Waals surface area contributed by atoms with Crippen LogP contribution in [0.15, 0.2) is 40.8 Å². The van der Waals surface area contributed by atoms with Crippen molar-refractivity contribution in [3.05, 3.63) is 47.2 Å². The predicted molar refractivity (Wildman–Crippen MR) is 68.5 cm³/mol. The van der Waals surface area contributed by atoms with Gasteiger partial charge in [-0.3, -0.25) is 4.79 Å². The maximum atomic E-state index is 10.6. The molecular formula is C13H12ClNO3. The highest BCUT2D eigenvalue weighted by atomic mass is 35.5. The number of carboxylic acids is 1. The summed E-state index contributed by atoms with van der Waals surface area (Å²) in [4.78, 5) is 10.6. The summed E-state index contributed by atoms with van der Waals surface area (Å²) in [6.07, 6.45) is 0.170. The Balaban J connectivity index is 2.15. The number of carboxylic acid groups (broad SMARTS) is 1. The Morgan fingerprint density at radius 3 is 2.56 bits per heavy atom. The van der Waals surface area contributed by atoms with Crippen LogP contribution < -0.4 is 5.73 Å². The number of benzene rings is 1. The van der Waals surface area contributed by atoms with Crippen LogP contribution in [0.1, 0.15) is 5.76 Å². The minimum atomic E-state index is -1.04. The summed E-state index contributed by atoms with van der Waals surface area (Å²) in [5.74, 6) is 0.175. The van der Waals surface area contributed by atoms with E-state index < -0.39 is 12.0 Å². The van der Waals surface area contributed by atoms with Gasteiger partial charge in [-0.15, -0.1) is 0 Å². The molecule has 0 amide bonds. The van der Waals surface area contributed by atoms with Gasteiger partial charge in [-0.2, -0.15) is 0 Å². The van der Waals surface area contributed by atoms with Crippen molar-refractivity contribution in [1.29, 1.82) is 0 Å². The molecule has 1 atom stereocenters. The van der Waals surface area contributed by atoms with E-state index in [2.05, 4.69) is 0 Å². The second-order valence-electron chi connectivity index (χ2n) is 3.92. The first kappa shape index (κ1) is 12.7. The number of rotatable bonds is 4. The van der Waals surface area contributed by atoms with E-state index in [9.17, 15) is 4.79 Å². The number of aliphatic carboxylic acids is 1. The maximum absolute atomic E-state index is 10.6. The fourth-order valence-electron chi connectivity index (χ4n) is 1.56. The van der Waals surface area contributed by atoms with Crippen LogP contribution in [0.5, 0.6) is 0 Å². The molecule has 0 aliphatic rings. The molecule has 0 spiro atoms. The summed E-state index contributed by atoms with van der Waals surface area (Å²) in [5.41, 5.74) is 6.32. The minimum absolute atomic E-state index is 0.170. The Hall–Kier alpha value is -1.78. The third-order valence-corrected chi connectivity index (χ3v) is 2.78. The predicted octanol–water partition coefficient (Wildman–Crippen LogP) is 2.55. The van der Waals surface area contributed by atoms with Gasteiger partial charge in [-0.25, -0.2) is 0 Å². The molecule has 1 aromatic carbocycles. The first-order valence-corrected chi connectivity index (χ1v) is 5.77. The fraction of sp³-hybridized carbons (Fsp3) is 0.154. The van der Waals surface area contributed by atoms with Gasteiger partial charge in [0.2, 0.25) is 0 Å². The van der Waals surface area contributed by atoms with Crippen molar-refractivity contribution in [2.45, 2.75) is 12.5 Å². The molecule has 0 aliphatic heterocycles. The number of hydrogen-bond donors (Lipinski definition) is 2. The molecule has 18 heavy (non-hydrogen) atoms. The molecule has 94 valence electrons. The quantitative estimate of drug-likeness (QED) is 0.891. The standard InChI is InChI=1S/C13H12ClNO3/c14-9-3-1-8(2-4-9)12-6-5-10(18-12)7-11(15)13(16)17/h1-6,11H,7,15H2,(H,16,17)/t11-/m1/s1. The number of furan rings is 1. The second kappa shape index (κ2) is 5.25. The molecular weight excluding hydrogens is 254 g/mol. The van der Waals surface area contributed by atoms with Crippen molar-refractivity contribution >= 4 is 17.6 Å². The molecule has 4 nitrogen and oxygen atoms in total. The van der Waals surface area contributed by atoms with Crippen LogP contribution in [0.4, 0.5) is 0 Å². The lowest BCUT2D eigenvalue weighted by molar-refractivity contribution is -0.138. The van der Waals surface area contributed by atoms with Gasteiger partial charge in [-0.1, -0.05) is 11.6 Å². The number of hydrogen-bond acceptors (Lipinski definition) is 3. The zero-order valence-corrected chi connectivity index (χ0v) is 10.2. The van der Waals surface area contributed by atoms with Crippen LogP contribution in [0.25, 0.3) is 11.3 Å². The average molecular weight is 266 g/mol. The first-order valence-electron chi connectivity index (χ1n) is 5.39. The fourth-order valence-corrected chi connectivity index (χ4v) is 1.69. The third kappa shape index (κ3) is 2.91. The number of halogens is 1. The Morgan fingerprint density at radius 2 is 1.94 bits per heavy atom.